The van der Waals surface area contributed by atoms with Gasteiger partial charge in [-0.15, -0.1) is 0 Å². The van der Waals surface area contributed by atoms with Crippen LogP contribution in [-0.2, 0) is 11.3 Å². The number of nitrogens with zero attached hydrogens (tertiary/aromatic N) is 1. The van der Waals surface area contributed by atoms with Crippen LogP contribution in [0.2, 0.25) is 0 Å². The maximum absolute atomic E-state index is 5.39. The van der Waals surface area contributed by atoms with Gasteiger partial charge in [0.15, 0.2) is 11.5 Å². The van der Waals surface area contributed by atoms with Crippen molar-refractivity contribution < 1.29 is 14.2 Å². The molecule has 1 N–H and O–H groups in total. The van der Waals surface area contributed by atoms with E-state index in [2.05, 4.69) is 34.5 Å². The molecule has 3 rings (SSSR count). The molecule has 0 amide bonds. The third-order valence-electron chi connectivity index (χ3n) is 4.19. The molecule has 0 aromatic heterocycles. The fraction of sp³-hybridized carbons (Fsp3) is 0.368. The number of hydrogen-bond donors (Lipinski definition) is 1. The van der Waals surface area contributed by atoms with E-state index in [0.717, 1.165) is 55.6 Å². The zero-order chi connectivity index (χ0) is 16.8. The van der Waals surface area contributed by atoms with E-state index < -0.39 is 0 Å². The summed E-state index contributed by atoms with van der Waals surface area (Å²) in [6.45, 7) is 4.26. The molecule has 24 heavy (non-hydrogen) atoms. The van der Waals surface area contributed by atoms with Crippen molar-refractivity contribution in [2.45, 2.75) is 6.54 Å². The van der Waals surface area contributed by atoms with Crippen LogP contribution in [0.4, 0.5) is 11.4 Å². The summed E-state index contributed by atoms with van der Waals surface area (Å²) in [5, 5.41) is 3.44. The molecule has 1 saturated heterocycles. The van der Waals surface area contributed by atoms with Gasteiger partial charge in [-0.05, 0) is 42.0 Å². The molecule has 5 heteroatoms. The summed E-state index contributed by atoms with van der Waals surface area (Å²) in [5.74, 6) is 1.50. The first-order valence-electron chi connectivity index (χ1n) is 8.17. The second-order valence-electron chi connectivity index (χ2n) is 5.69. The van der Waals surface area contributed by atoms with Crippen LogP contribution in [0.5, 0.6) is 11.5 Å². The minimum atomic E-state index is 0.733. The summed E-state index contributed by atoms with van der Waals surface area (Å²) in [6, 6.07) is 14.5. The van der Waals surface area contributed by atoms with Crippen molar-refractivity contribution in [2.75, 3.05) is 50.7 Å². The van der Waals surface area contributed by atoms with Crippen LogP contribution in [0.1, 0.15) is 5.56 Å². The third kappa shape index (κ3) is 3.92. The zero-order valence-corrected chi connectivity index (χ0v) is 14.2. The molecular formula is C19H24N2O3. The Morgan fingerprint density at radius 1 is 0.958 bits per heavy atom. The maximum Gasteiger partial charge on any atom is 0.161 e. The highest BCUT2D eigenvalue weighted by molar-refractivity contribution is 5.55. The largest absolute Gasteiger partial charge is 0.493 e. The van der Waals surface area contributed by atoms with Crippen molar-refractivity contribution in [3.05, 3.63) is 48.0 Å². The van der Waals surface area contributed by atoms with E-state index in [1.807, 2.05) is 18.2 Å². The van der Waals surface area contributed by atoms with E-state index in [9.17, 15) is 0 Å². The second-order valence-corrected chi connectivity index (χ2v) is 5.69. The molecule has 1 heterocycles. The van der Waals surface area contributed by atoms with Crippen molar-refractivity contribution in [2.24, 2.45) is 0 Å². The lowest BCUT2D eigenvalue weighted by Gasteiger charge is -2.28. The Labute approximate surface area is 143 Å². The summed E-state index contributed by atoms with van der Waals surface area (Å²) in [7, 11) is 3.30. The van der Waals surface area contributed by atoms with Gasteiger partial charge in [-0.2, -0.15) is 0 Å². The van der Waals surface area contributed by atoms with Gasteiger partial charge in [0.25, 0.3) is 0 Å². The average Bonchev–Trinajstić information content (AvgIpc) is 2.67. The average molecular weight is 328 g/mol. The SMILES string of the molecule is COc1ccc(CNc2ccc(N3CCOCC3)cc2)cc1OC. The number of benzene rings is 2. The maximum atomic E-state index is 5.39. The fourth-order valence-corrected chi connectivity index (χ4v) is 2.81. The van der Waals surface area contributed by atoms with Crippen molar-refractivity contribution in [3.8, 4) is 11.5 Å². The Balaban J connectivity index is 1.60. The Hall–Kier alpha value is -2.40. The zero-order valence-electron chi connectivity index (χ0n) is 14.2. The normalized spacial score (nSPS) is 14.3. The number of anilines is 2. The second kappa shape index (κ2) is 7.93. The van der Waals surface area contributed by atoms with Gasteiger partial charge < -0.3 is 24.4 Å². The molecule has 0 spiro atoms. The van der Waals surface area contributed by atoms with Crippen LogP contribution in [0.3, 0.4) is 0 Å². The highest BCUT2D eigenvalue weighted by atomic mass is 16.5. The number of nitrogens with one attached hydrogen (secondary N) is 1. The minimum Gasteiger partial charge on any atom is -0.493 e. The molecule has 2 aromatic rings. The molecule has 0 unspecified atom stereocenters. The quantitative estimate of drug-likeness (QED) is 0.882. The summed E-state index contributed by atoms with van der Waals surface area (Å²) < 4.78 is 16.0. The first-order valence-corrected chi connectivity index (χ1v) is 8.17. The van der Waals surface area contributed by atoms with Crippen LogP contribution in [-0.4, -0.2) is 40.5 Å². The molecule has 0 bridgehead atoms. The van der Waals surface area contributed by atoms with Gasteiger partial charge in [-0.25, -0.2) is 0 Å². The lowest BCUT2D eigenvalue weighted by Crippen LogP contribution is -2.36. The highest BCUT2D eigenvalue weighted by Gasteiger charge is 2.10. The monoisotopic (exact) mass is 328 g/mol. The Bertz CT molecular complexity index is 652. The van der Waals surface area contributed by atoms with Crippen molar-refractivity contribution in [1.29, 1.82) is 0 Å². The fourth-order valence-electron chi connectivity index (χ4n) is 2.81. The van der Waals surface area contributed by atoms with E-state index in [0.29, 0.717) is 0 Å². The van der Waals surface area contributed by atoms with Crippen LogP contribution < -0.4 is 19.7 Å². The summed E-state index contributed by atoms with van der Waals surface area (Å²) in [5.41, 5.74) is 3.49. The van der Waals surface area contributed by atoms with Crippen LogP contribution in [0.15, 0.2) is 42.5 Å². The first-order chi connectivity index (χ1) is 11.8. The van der Waals surface area contributed by atoms with E-state index in [1.165, 1.54) is 5.69 Å². The first kappa shape index (κ1) is 16.5. The lowest BCUT2D eigenvalue weighted by atomic mass is 10.2. The van der Waals surface area contributed by atoms with Crippen LogP contribution in [0.25, 0.3) is 0 Å². The van der Waals surface area contributed by atoms with E-state index in [-0.39, 0.29) is 0 Å². The van der Waals surface area contributed by atoms with E-state index >= 15 is 0 Å². The molecule has 128 valence electrons. The summed E-state index contributed by atoms with van der Waals surface area (Å²) in [6.07, 6.45) is 0. The predicted octanol–water partition coefficient (Wildman–Crippen LogP) is 3.15. The van der Waals surface area contributed by atoms with Gasteiger partial charge >= 0.3 is 0 Å². The van der Waals surface area contributed by atoms with E-state index in [4.69, 9.17) is 14.2 Å². The molecule has 1 aliphatic rings. The van der Waals surface area contributed by atoms with Gasteiger partial charge in [-0.1, -0.05) is 6.07 Å². The van der Waals surface area contributed by atoms with Gasteiger partial charge in [0, 0.05) is 31.0 Å². The van der Waals surface area contributed by atoms with Gasteiger partial charge in [0.1, 0.15) is 0 Å². The topological polar surface area (TPSA) is 43.0 Å². The number of rotatable bonds is 6. The molecule has 1 aliphatic heterocycles. The molecule has 1 fully saturated rings. The van der Waals surface area contributed by atoms with Crippen LogP contribution >= 0.6 is 0 Å². The molecule has 2 aromatic carbocycles. The van der Waals surface area contributed by atoms with Crippen molar-refractivity contribution in [3.63, 3.8) is 0 Å². The smallest absolute Gasteiger partial charge is 0.161 e. The third-order valence-corrected chi connectivity index (χ3v) is 4.19. The molecule has 0 radical (unpaired) electrons. The summed E-state index contributed by atoms with van der Waals surface area (Å²) >= 11 is 0. The molecule has 0 aliphatic carbocycles. The predicted molar refractivity (Wildman–Crippen MR) is 96.3 cm³/mol. The number of hydrogen-bond acceptors (Lipinski definition) is 5. The van der Waals surface area contributed by atoms with Gasteiger partial charge in [0.2, 0.25) is 0 Å². The standard InChI is InChI=1S/C19H24N2O3/c1-22-18-8-3-15(13-19(18)23-2)14-20-16-4-6-17(7-5-16)21-9-11-24-12-10-21/h3-8,13,20H,9-12,14H2,1-2H3. The highest BCUT2D eigenvalue weighted by Crippen LogP contribution is 2.28. The number of ether oxygens (including phenoxy) is 3. The number of methoxy groups -OCH3 is 2. The lowest BCUT2D eigenvalue weighted by molar-refractivity contribution is 0.122. The molecular weight excluding hydrogens is 304 g/mol. The van der Waals surface area contributed by atoms with E-state index in [1.54, 1.807) is 14.2 Å². The van der Waals surface area contributed by atoms with Gasteiger partial charge in [-0.3, -0.25) is 0 Å². The summed E-state index contributed by atoms with van der Waals surface area (Å²) in [4.78, 5) is 2.35. The molecule has 0 saturated carbocycles. The molecule has 5 nitrogen and oxygen atoms in total. The molecule has 0 atom stereocenters. The van der Waals surface area contributed by atoms with Gasteiger partial charge in [0.05, 0.1) is 27.4 Å². The van der Waals surface area contributed by atoms with Crippen molar-refractivity contribution >= 4 is 11.4 Å². The minimum absolute atomic E-state index is 0.733. The van der Waals surface area contributed by atoms with Crippen molar-refractivity contribution in [1.82, 2.24) is 0 Å². The number of morpholine rings is 1. The Morgan fingerprint density at radius 3 is 2.33 bits per heavy atom. The Kier molecular flexibility index (Phi) is 5.43. The Morgan fingerprint density at radius 2 is 1.67 bits per heavy atom. The van der Waals surface area contributed by atoms with Crippen LogP contribution in [0, 0.1) is 0 Å².